The number of benzene rings is 2. The molecule has 0 spiro atoms. The second-order valence-electron chi connectivity index (χ2n) is 3.69. The molecule has 3 heteroatoms. The van der Waals surface area contributed by atoms with Gasteiger partial charge in [0.05, 0.1) is 0 Å². The van der Waals surface area contributed by atoms with Crippen LogP contribution >= 0.6 is 0 Å². The first-order valence-electron chi connectivity index (χ1n) is 5.42. The largest absolute Gasteiger partial charge is 0.652 e. The highest BCUT2D eigenvalue weighted by atomic mass is 15.0. The molecule has 0 saturated heterocycles. The Bertz CT molecular complexity index is 491. The molecule has 2 aromatic carbocycles. The van der Waals surface area contributed by atoms with Gasteiger partial charge in [0, 0.05) is 5.56 Å². The quantitative estimate of drug-likeness (QED) is 0.631. The third-order valence-corrected chi connectivity index (χ3v) is 2.45. The van der Waals surface area contributed by atoms with Crippen molar-refractivity contribution in [2.24, 2.45) is 10.7 Å². The van der Waals surface area contributed by atoms with Gasteiger partial charge in [0.25, 0.3) is 0 Å². The van der Waals surface area contributed by atoms with Crippen LogP contribution in [-0.4, -0.2) is 5.84 Å². The van der Waals surface area contributed by atoms with Gasteiger partial charge in [-0.3, -0.25) is 4.99 Å². The molecule has 17 heavy (non-hydrogen) atoms. The minimum atomic E-state index is -0.670. The van der Waals surface area contributed by atoms with E-state index in [1.54, 1.807) is 0 Å². The number of aliphatic imine (C=N–C) groups is 1. The van der Waals surface area contributed by atoms with E-state index in [1.165, 1.54) is 0 Å². The number of hydrogen-bond donors (Lipinski definition) is 1. The summed E-state index contributed by atoms with van der Waals surface area (Å²) >= 11 is 0. The summed E-state index contributed by atoms with van der Waals surface area (Å²) in [5, 5.41) is 0. The van der Waals surface area contributed by atoms with E-state index >= 15 is 0 Å². The zero-order valence-electron chi connectivity index (χ0n) is 9.38. The van der Waals surface area contributed by atoms with Crippen molar-refractivity contribution in [3.8, 4) is 0 Å². The molecule has 0 fully saturated rings. The van der Waals surface area contributed by atoms with Gasteiger partial charge in [-0.05, 0) is 11.7 Å². The number of amidine groups is 1. The molecule has 1 unspecified atom stereocenters. The molecule has 0 aromatic heterocycles. The van der Waals surface area contributed by atoms with Crippen molar-refractivity contribution in [3.05, 3.63) is 77.5 Å². The van der Waals surface area contributed by atoms with E-state index in [0.29, 0.717) is 5.84 Å². The second kappa shape index (κ2) is 5.27. The van der Waals surface area contributed by atoms with Crippen LogP contribution in [0.25, 0.3) is 5.73 Å². The third-order valence-electron chi connectivity index (χ3n) is 2.45. The fourth-order valence-electron chi connectivity index (χ4n) is 1.53. The molecule has 3 nitrogen and oxygen atoms in total. The molecule has 0 saturated carbocycles. The lowest BCUT2D eigenvalue weighted by Gasteiger charge is -2.16. The SMILES string of the molecule is [NH-]C(N=C(N)c1ccccc1)c1ccccc1. The van der Waals surface area contributed by atoms with Gasteiger partial charge < -0.3 is 11.5 Å². The highest BCUT2D eigenvalue weighted by Crippen LogP contribution is 2.17. The van der Waals surface area contributed by atoms with E-state index < -0.39 is 6.17 Å². The van der Waals surface area contributed by atoms with Gasteiger partial charge in [-0.2, -0.15) is 0 Å². The number of hydrogen-bond acceptors (Lipinski definition) is 1. The third kappa shape index (κ3) is 2.92. The van der Waals surface area contributed by atoms with E-state index in [1.807, 2.05) is 60.7 Å². The van der Waals surface area contributed by atoms with Gasteiger partial charge in [0.15, 0.2) is 0 Å². The van der Waals surface area contributed by atoms with E-state index in [-0.39, 0.29) is 0 Å². The Morgan fingerprint density at radius 2 is 1.47 bits per heavy atom. The van der Waals surface area contributed by atoms with Crippen LogP contribution in [0.15, 0.2) is 65.7 Å². The summed E-state index contributed by atoms with van der Waals surface area (Å²) in [5.74, 6) is 0.398. The maximum atomic E-state index is 7.93. The maximum absolute atomic E-state index is 7.93. The summed E-state index contributed by atoms with van der Waals surface area (Å²) < 4.78 is 0. The Morgan fingerprint density at radius 3 is 2.06 bits per heavy atom. The maximum Gasteiger partial charge on any atom is 0.124 e. The standard InChI is InChI=1S/C14H14N3/c15-13(11-7-3-1-4-8-11)17-14(16)12-9-5-2-6-10-12/h1-10,13,15H,(H2,16,17)/q-1. The molecule has 0 aliphatic rings. The van der Waals surface area contributed by atoms with Crippen molar-refractivity contribution in [1.29, 1.82) is 0 Å². The fourth-order valence-corrected chi connectivity index (χ4v) is 1.53. The minimum Gasteiger partial charge on any atom is -0.652 e. The Hall–Kier alpha value is -2.13. The fraction of sp³-hybridized carbons (Fsp3) is 0.0714. The van der Waals surface area contributed by atoms with Gasteiger partial charge in [-0.15, -0.1) is 0 Å². The first kappa shape index (κ1) is 11.4. The lowest BCUT2D eigenvalue weighted by Crippen LogP contribution is -2.14. The number of nitrogens with two attached hydrogens (primary N) is 1. The van der Waals surface area contributed by atoms with Crippen LogP contribution in [0.4, 0.5) is 0 Å². The lowest BCUT2D eigenvalue weighted by molar-refractivity contribution is 0.915. The Balaban J connectivity index is 2.20. The van der Waals surface area contributed by atoms with Crippen LogP contribution in [0.3, 0.4) is 0 Å². The molecule has 0 amide bonds. The molecule has 0 aliphatic heterocycles. The summed E-state index contributed by atoms with van der Waals surface area (Å²) in [6.07, 6.45) is -0.670. The van der Waals surface area contributed by atoms with Crippen LogP contribution < -0.4 is 5.73 Å². The number of nitrogens with one attached hydrogen (secondary N) is 1. The summed E-state index contributed by atoms with van der Waals surface area (Å²) in [6, 6.07) is 19.0. The van der Waals surface area contributed by atoms with Gasteiger partial charge in [-0.1, -0.05) is 60.7 Å². The predicted octanol–water partition coefficient (Wildman–Crippen LogP) is 3.14. The Labute approximate surface area is 101 Å². The summed E-state index contributed by atoms with van der Waals surface area (Å²) in [4.78, 5) is 4.18. The van der Waals surface area contributed by atoms with Crippen molar-refractivity contribution >= 4 is 5.84 Å². The molecule has 3 N–H and O–H groups in total. The van der Waals surface area contributed by atoms with Crippen LogP contribution in [0.1, 0.15) is 17.3 Å². The Morgan fingerprint density at radius 1 is 0.941 bits per heavy atom. The van der Waals surface area contributed by atoms with Crippen LogP contribution in [0, 0.1) is 0 Å². The van der Waals surface area contributed by atoms with Gasteiger partial charge in [0.1, 0.15) is 5.84 Å². The monoisotopic (exact) mass is 224 g/mol. The molecule has 0 heterocycles. The average molecular weight is 224 g/mol. The minimum absolute atomic E-state index is 0.398. The van der Waals surface area contributed by atoms with E-state index in [2.05, 4.69) is 4.99 Å². The van der Waals surface area contributed by atoms with E-state index in [0.717, 1.165) is 11.1 Å². The molecule has 2 rings (SSSR count). The van der Waals surface area contributed by atoms with Gasteiger partial charge >= 0.3 is 0 Å². The number of nitrogens with zero attached hydrogens (tertiary/aromatic N) is 1. The Kier molecular flexibility index (Phi) is 3.52. The van der Waals surface area contributed by atoms with Crippen LogP contribution in [0.5, 0.6) is 0 Å². The zero-order valence-corrected chi connectivity index (χ0v) is 9.38. The van der Waals surface area contributed by atoms with Crippen molar-refractivity contribution < 1.29 is 0 Å². The number of rotatable bonds is 3. The molecule has 0 aliphatic carbocycles. The molecule has 1 atom stereocenters. The first-order valence-corrected chi connectivity index (χ1v) is 5.42. The first-order chi connectivity index (χ1) is 8.27. The van der Waals surface area contributed by atoms with Crippen LogP contribution in [-0.2, 0) is 0 Å². The predicted molar refractivity (Wildman–Crippen MR) is 70.7 cm³/mol. The average Bonchev–Trinajstić information content (AvgIpc) is 2.40. The van der Waals surface area contributed by atoms with Gasteiger partial charge in [0.2, 0.25) is 0 Å². The normalized spacial score (nSPS) is 13.4. The zero-order chi connectivity index (χ0) is 12.1. The topological polar surface area (TPSA) is 62.2 Å². The highest BCUT2D eigenvalue weighted by molar-refractivity contribution is 5.97. The molecular weight excluding hydrogens is 210 g/mol. The summed E-state index contributed by atoms with van der Waals surface area (Å²) in [5.41, 5.74) is 15.5. The van der Waals surface area contributed by atoms with E-state index in [9.17, 15) is 0 Å². The summed E-state index contributed by atoms with van der Waals surface area (Å²) in [7, 11) is 0. The highest BCUT2D eigenvalue weighted by Gasteiger charge is 1.99. The smallest absolute Gasteiger partial charge is 0.124 e. The van der Waals surface area contributed by atoms with Crippen molar-refractivity contribution in [1.82, 2.24) is 0 Å². The van der Waals surface area contributed by atoms with Crippen molar-refractivity contribution in [3.63, 3.8) is 0 Å². The second-order valence-corrected chi connectivity index (χ2v) is 3.69. The van der Waals surface area contributed by atoms with Gasteiger partial charge in [-0.25, -0.2) is 0 Å². The molecular formula is C14H14N3-. The molecule has 0 radical (unpaired) electrons. The van der Waals surface area contributed by atoms with E-state index in [4.69, 9.17) is 11.5 Å². The lowest BCUT2D eigenvalue weighted by atomic mass is 10.1. The molecule has 2 aromatic rings. The van der Waals surface area contributed by atoms with Crippen LogP contribution in [0.2, 0.25) is 0 Å². The summed E-state index contributed by atoms with van der Waals surface area (Å²) in [6.45, 7) is 0. The van der Waals surface area contributed by atoms with Crippen molar-refractivity contribution in [2.45, 2.75) is 6.17 Å². The molecule has 86 valence electrons. The van der Waals surface area contributed by atoms with Crippen molar-refractivity contribution in [2.75, 3.05) is 0 Å². The molecule has 0 bridgehead atoms.